The maximum Gasteiger partial charge on any atom is 0.230 e. The molecule has 4 nitrogen and oxygen atoms in total. The Labute approximate surface area is 138 Å². The second kappa shape index (κ2) is 8.80. The highest BCUT2D eigenvalue weighted by Crippen LogP contribution is 2.19. The van der Waals surface area contributed by atoms with Crippen LogP contribution in [0.25, 0.3) is 0 Å². The lowest BCUT2D eigenvalue weighted by atomic mass is 10.2. The van der Waals surface area contributed by atoms with E-state index in [9.17, 15) is 9.18 Å². The van der Waals surface area contributed by atoms with E-state index >= 15 is 0 Å². The Morgan fingerprint density at radius 3 is 3.05 bits per heavy atom. The van der Waals surface area contributed by atoms with Crippen LogP contribution in [-0.2, 0) is 17.1 Å². The van der Waals surface area contributed by atoms with E-state index < -0.39 is 0 Å². The zero-order chi connectivity index (χ0) is 15.8. The number of halogens is 2. The fraction of sp³-hybridized carbons (Fsp3) is 0.333. The summed E-state index contributed by atoms with van der Waals surface area (Å²) in [6.45, 7) is 1.44. The van der Waals surface area contributed by atoms with Crippen molar-refractivity contribution in [2.75, 3.05) is 12.3 Å². The van der Waals surface area contributed by atoms with E-state index in [0.29, 0.717) is 28.6 Å². The molecular weight excluding hydrogens is 325 g/mol. The minimum atomic E-state index is -0.333. The largest absolute Gasteiger partial charge is 0.355 e. The maximum absolute atomic E-state index is 13.6. The van der Waals surface area contributed by atoms with Crippen molar-refractivity contribution in [2.45, 2.75) is 18.7 Å². The molecule has 0 aliphatic rings. The van der Waals surface area contributed by atoms with Gasteiger partial charge in [-0.3, -0.25) is 4.79 Å². The highest BCUT2D eigenvalue weighted by Gasteiger charge is 2.05. The minimum Gasteiger partial charge on any atom is -0.355 e. The molecule has 1 heterocycles. The van der Waals surface area contributed by atoms with Gasteiger partial charge < -0.3 is 9.88 Å². The monoisotopic (exact) mass is 341 g/mol. The molecule has 2 aromatic rings. The van der Waals surface area contributed by atoms with Gasteiger partial charge in [0.2, 0.25) is 5.91 Å². The van der Waals surface area contributed by atoms with E-state index in [0.717, 1.165) is 13.0 Å². The molecule has 1 amide bonds. The van der Waals surface area contributed by atoms with Crippen LogP contribution in [0.3, 0.4) is 0 Å². The molecule has 1 aromatic heterocycles. The number of hydrogen-bond donors (Lipinski definition) is 1. The first-order valence-electron chi connectivity index (χ1n) is 6.89. The van der Waals surface area contributed by atoms with Gasteiger partial charge in [-0.15, -0.1) is 11.8 Å². The van der Waals surface area contributed by atoms with Gasteiger partial charge in [0, 0.05) is 36.3 Å². The summed E-state index contributed by atoms with van der Waals surface area (Å²) in [5, 5.41) is 3.22. The summed E-state index contributed by atoms with van der Waals surface area (Å²) in [5.74, 6) is 0.393. The first-order chi connectivity index (χ1) is 10.6. The van der Waals surface area contributed by atoms with Crippen LogP contribution in [0.5, 0.6) is 0 Å². The van der Waals surface area contributed by atoms with Gasteiger partial charge in [0.1, 0.15) is 5.82 Å². The summed E-state index contributed by atoms with van der Waals surface area (Å²) in [6.07, 6.45) is 6.21. The molecule has 1 aromatic carbocycles. The number of nitrogens with one attached hydrogen (secondary N) is 1. The summed E-state index contributed by atoms with van der Waals surface area (Å²) in [5.41, 5.74) is 0.558. The molecule has 0 unspecified atom stereocenters. The van der Waals surface area contributed by atoms with Gasteiger partial charge in [-0.25, -0.2) is 9.37 Å². The van der Waals surface area contributed by atoms with Crippen molar-refractivity contribution in [2.24, 2.45) is 0 Å². The number of carbonyl (C=O) groups is 1. The molecule has 1 N–H and O–H groups in total. The lowest BCUT2D eigenvalue weighted by Gasteiger charge is -2.06. The van der Waals surface area contributed by atoms with Crippen molar-refractivity contribution in [3.8, 4) is 0 Å². The van der Waals surface area contributed by atoms with E-state index in [1.165, 1.54) is 17.8 Å². The summed E-state index contributed by atoms with van der Waals surface area (Å²) < 4.78 is 15.5. The van der Waals surface area contributed by atoms with Crippen molar-refractivity contribution in [1.29, 1.82) is 0 Å². The molecule has 2 rings (SSSR count). The topological polar surface area (TPSA) is 46.9 Å². The number of thioether (sulfide) groups is 1. The molecule has 0 atom stereocenters. The van der Waals surface area contributed by atoms with Gasteiger partial charge in [-0.05, 0) is 24.1 Å². The fourth-order valence-electron chi connectivity index (χ4n) is 1.85. The zero-order valence-electron chi connectivity index (χ0n) is 12.0. The second-order valence-electron chi connectivity index (χ2n) is 4.73. The van der Waals surface area contributed by atoms with Crippen molar-refractivity contribution in [3.63, 3.8) is 0 Å². The number of aryl methyl sites for hydroxylation is 1. The Hall–Kier alpha value is -1.53. The number of benzene rings is 1. The normalized spacial score (nSPS) is 10.6. The molecule has 0 aliphatic carbocycles. The number of rotatable bonds is 8. The quantitative estimate of drug-likeness (QED) is 0.750. The Morgan fingerprint density at radius 2 is 2.32 bits per heavy atom. The number of nitrogens with zero attached hydrogens (tertiary/aromatic N) is 2. The van der Waals surface area contributed by atoms with E-state index in [4.69, 9.17) is 11.6 Å². The Balaban J connectivity index is 1.59. The Morgan fingerprint density at radius 1 is 1.45 bits per heavy atom. The third kappa shape index (κ3) is 5.69. The SMILES string of the molecule is O=C(CSCc1ccc(Cl)cc1F)NCCCn1ccnc1. The van der Waals surface area contributed by atoms with Gasteiger partial charge in [-0.1, -0.05) is 17.7 Å². The van der Waals surface area contributed by atoms with Crippen LogP contribution in [0, 0.1) is 5.82 Å². The van der Waals surface area contributed by atoms with Gasteiger partial charge in [0.05, 0.1) is 12.1 Å². The molecule has 0 fully saturated rings. The van der Waals surface area contributed by atoms with Crippen molar-refractivity contribution >= 4 is 29.3 Å². The molecule has 0 aliphatic heterocycles. The van der Waals surface area contributed by atoms with Crippen LogP contribution in [0.1, 0.15) is 12.0 Å². The first kappa shape index (κ1) is 16.8. The van der Waals surface area contributed by atoms with Crippen LogP contribution in [0.4, 0.5) is 4.39 Å². The van der Waals surface area contributed by atoms with Crippen molar-refractivity contribution in [1.82, 2.24) is 14.9 Å². The van der Waals surface area contributed by atoms with E-state index in [-0.39, 0.29) is 11.7 Å². The van der Waals surface area contributed by atoms with Gasteiger partial charge in [0.15, 0.2) is 0 Å². The average molecular weight is 342 g/mol. The van der Waals surface area contributed by atoms with E-state index in [1.807, 2.05) is 10.8 Å². The van der Waals surface area contributed by atoms with Crippen LogP contribution in [-0.4, -0.2) is 27.8 Å². The van der Waals surface area contributed by atoms with E-state index in [1.54, 1.807) is 24.7 Å². The van der Waals surface area contributed by atoms with Crippen LogP contribution < -0.4 is 5.32 Å². The average Bonchev–Trinajstić information content (AvgIpc) is 2.99. The van der Waals surface area contributed by atoms with Gasteiger partial charge in [0.25, 0.3) is 0 Å². The third-order valence-electron chi connectivity index (χ3n) is 2.98. The maximum atomic E-state index is 13.6. The Kier molecular flexibility index (Phi) is 6.74. The van der Waals surface area contributed by atoms with Crippen molar-refractivity contribution in [3.05, 3.63) is 53.3 Å². The molecule has 0 saturated heterocycles. The highest BCUT2D eigenvalue weighted by molar-refractivity contribution is 7.99. The van der Waals surface area contributed by atoms with Gasteiger partial charge in [-0.2, -0.15) is 0 Å². The predicted molar refractivity (Wildman–Crippen MR) is 87.4 cm³/mol. The summed E-state index contributed by atoms with van der Waals surface area (Å²) in [4.78, 5) is 15.6. The molecule has 0 saturated carbocycles. The molecule has 22 heavy (non-hydrogen) atoms. The fourth-order valence-corrected chi connectivity index (χ4v) is 2.85. The van der Waals surface area contributed by atoms with E-state index in [2.05, 4.69) is 10.3 Å². The Bertz CT molecular complexity index is 607. The molecule has 118 valence electrons. The highest BCUT2D eigenvalue weighted by atomic mass is 35.5. The molecule has 0 bridgehead atoms. The standard InChI is InChI=1S/C15H17ClFN3OS/c16-13-3-2-12(14(17)8-13)9-22-10-15(21)19-4-1-6-20-7-5-18-11-20/h2-3,5,7-8,11H,1,4,6,9-10H2,(H,19,21). The summed E-state index contributed by atoms with van der Waals surface area (Å²) in [6, 6.07) is 4.58. The second-order valence-corrected chi connectivity index (χ2v) is 6.15. The van der Waals surface area contributed by atoms with Gasteiger partial charge >= 0.3 is 0 Å². The molecule has 0 radical (unpaired) electrons. The number of hydrogen-bond acceptors (Lipinski definition) is 3. The number of imidazole rings is 1. The summed E-state index contributed by atoms with van der Waals surface area (Å²) in [7, 11) is 0. The van der Waals surface area contributed by atoms with Crippen LogP contribution in [0.2, 0.25) is 5.02 Å². The number of aromatic nitrogens is 2. The minimum absolute atomic E-state index is 0.0370. The lowest BCUT2D eigenvalue weighted by molar-refractivity contribution is -0.118. The number of amides is 1. The summed E-state index contributed by atoms with van der Waals surface area (Å²) >= 11 is 7.07. The zero-order valence-corrected chi connectivity index (χ0v) is 13.5. The van der Waals surface area contributed by atoms with Crippen LogP contribution >= 0.6 is 23.4 Å². The molecular formula is C15H17ClFN3OS. The van der Waals surface area contributed by atoms with Crippen LogP contribution in [0.15, 0.2) is 36.9 Å². The molecule has 0 spiro atoms. The molecule has 7 heteroatoms. The predicted octanol–water partition coefficient (Wildman–Crippen LogP) is 3.12. The number of carbonyl (C=O) groups excluding carboxylic acids is 1. The smallest absolute Gasteiger partial charge is 0.230 e. The van der Waals surface area contributed by atoms with Crippen molar-refractivity contribution < 1.29 is 9.18 Å². The lowest BCUT2D eigenvalue weighted by Crippen LogP contribution is -2.26. The first-order valence-corrected chi connectivity index (χ1v) is 8.42. The third-order valence-corrected chi connectivity index (χ3v) is 4.20.